The van der Waals surface area contributed by atoms with E-state index in [1.807, 2.05) is 0 Å². The van der Waals surface area contributed by atoms with E-state index in [-0.39, 0.29) is 5.69 Å². The molecule has 0 atom stereocenters. The molecule has 106 valence electrons. The zero-order valence-corrected chi connectivity index (χ0v) is 10.3. The molecule has 0 saturated carbocycles. The van der Waals surface area contributed by atoms with Crippen LogP contribution in [0.2, 0.25) is 0 Å². The number of aromatic nitrogens is 2. The fourth-order valence-corrected chi connectivity index (χ4v) is 1.69. The van der Waals surface area contributed by atoms with E-state index in [1.54, 1.807) is 6.08 Å². The van der Waals surface area contributed by atoms with Gasteiger partial charge in [-0.05, 0) is 18.2 Å². The normalized spacial score (nSPS) is 11.4. The second kappa shape index (κ2) is 5.36. The Bertz CT molecular complexity index is 616. The van der Waals surface area contributed by atoms with Gasteiger partial charge in [0.25, 0.3) is 0 Å². The van der Waals surface area contributed by atoms with Crippen LogP contribution in [-0.4, -0.2) is 16.1 Å². The number of hydrogen-bond acceptors (Lipinski definition) is 2. The maximum Gasteiger partial charge on any atom is 0.419 e. The summed E-state index contributed by atoms with van der Waals surface area (Å²) in [6.45, 7) is 3.93. The first-order chi connectivity index (χ1) is 9.43. The van der Waals surface area contributed by atoms with Gasteiger partial charge in [0, 0.05) is 24.6 Å². The zero-order valence-electron chi connectivity index (χ0n) is 10.3. The summed E-state index contributed by atoms with van der Waals surface area (Å²) in [5, 5.41) is 2.87. The van der Waals surface area contributed by atoms with E-state index in [4.69, 9.17) is 0 Å². The van der Waals surface area contributed by atoms with Crippen LogP contribution < -0.4 is 5.32 Å². The van der Waals surface area contributed by atoms with E-state index in [1.165, 1.54) is 23.0 Å². The molecule has 2 rings (SSSR count). The van der Waals surface area contributed by atoms with Crippen molar-refractivity contribution < 1.29 is 17.6 Å². The molecule has 1 heterocycles. The summed E-state index contributed by atoms with van der Waals surface area (Å²) < 4.78 is 52.7. The Labute approximate surface area is 112 Å². The van der Waals surface area contributed by atoms with Gasteiger partial charge in [0.1, 0.15) is 5.82 Å². The minimum absolute atomic E-state index is 0.169. The van der Waals surface area contributed by atoms with Crippen LogP contribution in [0.1, 0.15) is 5.56 Å². The van der Waals surface area contributed by atoms with Gasteiger partial charge in [0.05, 0.1) is 5.56 Å². The highest BCUT2D eigenvalue weighted by Gasteiger charge is 2.34. The van der Waals surface area contributed by atoms with Crippen molar-refractivity contribution in [2.24, 2.45) is 0 Å². The summed E-state index contributed by atoms with van der Waals surface area (Å²) in [7, 11) is 0. The van der Waals surface area contributed by atoms with Gasteiger partial charge >= 0.3 is 6.18 Å². The van der Waals surface area contributed by atoms with Crippen LogP contribution >= 0.6 is 0 Å². The molecule has 0 fully saturated rings. The first-order valence-corrected chi connectivity index (χ1v) is 5.68. The van der Waals surface area contributed by atoms with Crippen LogP contribution in [0, 0.1) is 5.82 Å². The van der Waals surface area contributed by atoms with Crippen molar-refractivity contribution in [2.45, 2.75) is 6.18 Å². The quantitative estimate of drug-likeness (QED) is 0.686. The minimum Gasteiger partial charge on any atom is -0.352 e. The maximum absolute atomic E-state index is 13.2. The number of rotatable bonds is 4. The molecule has 0 radical (unpaired) electrons. The third-order valence-electron chi connectivity index (χ3n) is 2.58. The van der Waals surface area contributed by atoms with Crippen LogP contribution in [0.15, 0.2) is 43.2 Å². The lowest BCUT2D eigenvalue weighted by molar-refractivity contribution is -0.140. The summed E-state index contributed by atoms with van der Waals surface area (Å²) >= 11 is 0. The van der Waals surface area contributed by atoms with Gasteiger partial charge in [-0.2, -0.15) is 13.2 Å². The van der Waals surface area contributed by atoms with Gasteiger partial charge in [-0.25, -0.2) is 9.37 Å². The zero-order chi connectivity index (χ0) is 14.8. The molecule has 0 aliphatic rings. The number of nitrogens with zero attached hydrogens (tertiary/aromatic N) is 2. The van der Waals surface area contributed by atoms with Crippen LogP contribution in [0.3, 0.4) is 0 Å². The van der Waals surface area contributed by atoms with Crippen molar-refractivity contribution in [1.29, 1.82) is 0 Å². The predicted molar refractivity (Wildman–Crippen MR) is 67.2 cm³/mol. The molecule has 0 bridgehead atoms. The fourth-order valence-electron chi connectivity index (χ4n) is 1.69. The molecule has 0 spiro atoms. The molecule has 0 amide bonds. The van der Waals surface area contributed by atoms with Gasteiger partial charge in [0.15, 0.2) is 0 Å². The molecule has 3 nitrogen and oxygen atoms in total. The number of nitrogens with one attached hydrogen (secondary N) is 1. The fraction of sp³-hybridized carbons (Fsp3) is 0.154. The highest BCUT2D eigenvalue weighted by molar-refractivity contribution is 5.44. The molecule has 0 aliphatic carbocycles. The minimum atomic E-state index is -4.74. The molecule has 1 N–H and O–H groups in total. The van der Waals surface area contributed by atoms with E-state index in [0.717, 1.165) is 12.1 Å². The van der Waals surface area contributed by atoms with E-state index < -0.39 is 17.6 Å². The number of alkyl halides is 3. The van der Waals surface area contributed by atoms with E-state index in [2.05, 4.69) is 16.9 Å². The molecule has 20 heavy (non-hydrogen) atoms. The SMILES string of the molecule is C=CCNc1nccn1-c1ccc(F)c(C(F)(F)F)c1. The van der Waals surface area contributed by atoms with Gasteiger partial charge in [-0.3, -0.25) is 4.57 Å². The number of halogens is 4. The first-order valence-electron chi connectivity index (χ1n) is 5.68. The van der Waals surface area contributed by atoms with Crippen LogP contribution in [0.4, 0.5) is 23.5 Å². The standard InChI is InChI=1S/C13H11F4N3/c1-2-5-18-12-19-6-7-20(12)9-3-4-11(14)10(8-9)13(15,16)17/h2-4,6-8H,1,5H2,(H,18,19). The van der Waals surface area contributed by atoms with Gasteiger partial charge < -0.3 is 5.32 Å². The predicted octanol–water partition coefficient (Wildman–Crippen LogP) is 3.63. The Morgan fingerprint density at radius 1 is 1.35 bits per heavy atom. The van der Waals surface area contributed by atoms with Crippen LogP contribution in [0.25, 0.3) is 5.69 Å². The Morgan fingerprint density at radius 3 is 2.75 bits per heavy atom. The summed E-state index contributed by atoms with van der Waals surface area (Å²) in [5.74, 6) is -0.952. The van der Waals surface area contributed by atoms with Crippen molar-refractivity contribution in [1.82, 2.24) is 9.55 Å². The van der Waals surface area contributed by atoms with E-state index in [9.17, 15) is 17.6 Å². The lowest BCUT2D eigenvalue weighted by Crippen LogP contribution is -2.10. The third-order valence-corrected chi connectivity index (χ3v) is 2.58. The van der Waals surface area contributed by atoms with Crippen LogP contribution in [0.5, 0.6) is 0 Å². The van der Waals surface area contributed by atoms with Gasteiger partial charge in [-0.1, -0.05) is 6.08 Å². The molecule has 2 aromatic rings. The molecular formula is C13H11F4N3. The second-order valence-electron chi connectivity index (χ2n) is 3.95. The number of imidazole rings is 1. The number of benzene rings is 1. The summed E-state index contributed by atoms with van der Waals surface area (Å²) in [6, 6.07) is 2.79. The number of anilines is 1. The molecule has 0 unspecified atom stereocenters. The molecule has 0 aliphatic heterocycles. The van der Waals surface area contributed by atoms with Crippen molar-refractivity contribution in [3.05, 3.63) is 54.6 Å². The average molecular weight is 285 g/mol. The van der Waals surface area contributed by atoms with Crippen molar-refractivity contribution in [3.8, 4) is 5.69 Å². The largest absolute Gasteiger partial charge is 0.419 e. The van der Waals surface area contributed by atoms with Crippen molar-refractivity contribution in [2.75, 3.05) is 11.9 Å². The topological polar surface area (TPSA) is 29.9 Å². The molecule has 7 heteroatoms. The summed E-state index contributed by atoms with van der Waals surface area (Å²) in [6.07, 6.45) is -0.235. The van der Waals surface area contributed by atoms with Crippen molar-refractivity contribution in [3.63, 3.8) is 0 Å². The summed E-state index contributed by atoms with van der Waals surface area (Å²) in [4.78, 5) is 3.97. The van der Waals surface area contributed by atoms with Crippen LogP contribution in [-0.2, 0) is 6.18 Å². The monoisotopic (exact) mass is 285 g/mol. The number of hydrogen-bond donors (Lipinski definition) is 1. The lowest BCUT2D eigenvalue weighted by Gasteiger charge is -2.12. The first kappa shape index (κ1) is 14.1. The highest BCUT2D eigenvalue weighted by Crippen LogP contribution is 2.33. The Kier molecular flexibility index (Phi) is 3.78. The smallest absolute Gasteiger partial charge is 0.352 e. The lowest BCUT2D eigenvalue weighted by atomic mass is 10.2. The molecule has 1 aromatic heterocycles. The average Bonchev–Trinajstić information content (AvgIpc) is 2.84. The summed E-state index contributed by atoms with van der Waals surface area (Å²) in [5.41, 5.74) is -1.14. The Morgan fingerprint density at radius 2 is 2.10 bits per heavy atom. The Hall–Kier alpha value is -2.31. The Balaban J connectivity index is 2.44. The third kappa shape index (κ3) is 2.81. The van der Waals surface area contributed by atoms with E-state index in [0.29, 0.717) is 12.5 Å². The molecular weight excluding hydrogens is 274 g/mol. The van der Waals surface area contributed by atoms with E-state index >= 15 is 0 Å². The van der Waals surface area contributed by atoms with Crippen molar-refractivity contribution >= 4 is 5.95 Å². The molecule has 0 saturated heterocycles. The second-order valence-corrected chi connectivity index (χ2v) is 3.95. The molecule has 1 aromatic carbocycles. The highest BCUT2D eigenvalue weighted by atomic mass is 19.4. The van der Waals surface area contributed by atoms with Gasteiger partial charge in [-0.15, -0.1) is 6.58 Å². The van der Waals surface area contributed by atoms with Gasteiger partial charge in [0.2, 0.25) is 5.95 Å². The maximum atomic E-state index is 13.2.